The zero-order valence-electron chi connectivity index (χ0n) is 15.0. The monoisotopic (exact) mass is 373 g/mol. The van der Waals surface area contributed by atoms with Crippen molar-refractivity contribution in [2.24, 2.45) is 0 Å². The van der Waals surface area contributed by atoms with Gasteiger partial charge in [0.05, 0.1) is 25.9 Å². The number of halogens is 1. The number of carbonyl (C=O) groups excluding carboxylic acids is 2. The summed E-state index contributed by atoms with van der Waals surface area (Å²) >= 11 is 0. The topological polar surface area (TPSA) is 79.9 Å². The summed E-state index contributed by atoms with van der Waals surface area (Å²) in [6, 6.07) is 10.1. The number of carbonyl (C=O) groups is 2. The minimum Gasteiger partial charge on any atom is -0.493 e. The molecule has 27 heavy (non-hydrogen) atoms. The Morgan fingerprint density at radius 1 is 1.15 bits per heavy atom. The van der Waals surface area contributed by atoms with Crippen molar-refractivity contribution in [3.05, 3.63) is 48.3 Å². The van der Waals surface area contributed by atoms with Crippen molar-refractivity contribution in [3.63, 3.8) is 0 Å². The maximum absolute atomic E-state index is 13.6. The maximum atomic E-state index is 13.6. The van der Waals surface area contributed by atoms with Crippen molar-refractivity contribution in [1.29, 1.82) is 0 Å². The molecular weight excluding hydrogens is 353 g/mol. The number of nitrogens with zero attached hydrogens (tertiary/aromatic N) is 1. The molecule has 2 aromatic rings. The summed E-state index contributed by atoms with van der Waals surface area (Å²) in [6.45, 7) is 0.305. The lowest BCUT2D eigenvalue weighted by Crippen LogP contribution is -2.39. The van der Waals surface area contributed by atoms with Gasteiger partial charge < -0.3 is 25.0 Å². The van der Waals surface area contributed by atoms with Gasteiger partial charge in [-0.15, -0.1) is 0 Å². The van der Waals surface area contributed by atoms with Crippen LogP contribution in [-0.4, -0.2) is 38.7 Å². The minimum absolute atomic E-state index is 0.0797. The average molecular weight is 373 g/mol. The highest BCUT2D eigenvalue weighted by Gasteiger charge is 2.32. The van der Waals surface area contributed by atoms with Gasteiger partial charge in [0.15, 0.2) is 11.5 Å². The number of hydrogen-bond donors (Lipinski definition) is 2. The van der Waals surface area contributed by atoms with Gasteiger partial charge in [0, 0.05) is 24.7 Å². The van der Waals surface area contributed by atoms with Gasteiger partial charge in [-0.1, -0.05) is 12.1 Å². The molecule has 1 fully saturated rings. The predicted molar refractivity (Wildman–Crippen MR) is 98.9 cm³/mol. The number of amides is 3. The number of rotatable bonds is 5. The molecule has 1 atom stereocenters. The Kier molecular flexibility index (Phi) is 5.44. The molecule has 8 heteroatoms. The van der Waals surface area contributed by atoms with E-state index in [-0.39, 0.29) is 18.0 Å². The molecule has 1 heterocycles. The van der Waals surface area contributed by atoms with Crippen molar-refractivity contribution in [2.75, 3.05) is 31.0 Å². The Morgan fingerprint density at radius 2 is 1.89 bits per heavy atom. The molecule has 0 spiro atoms. The Hall–Kier alpha value is -3.29. The molecule has 1 saturated heterocycles. The van der Waals surface area contributed by atoms with Crippen molar-refractivity contribution in [2.45, 2.75) is 12.5 Å². The Morgan fingerprint density at radius 3 is 2.59 bits per heavy atom. The largest absolute Gasteiger partial charge is 0.493 e. The summed E-state index contributed by atoms with van der Waals surface area (Å²) in [5, 5.41) is 5.15. The lowest BCUT2D eigenvalue weighted by Gasteiger charge is -2.19. The molecule has 1 aliphatic heterocycles. The van der Waals surface area contributed by atoms with E-state index in [1.54, 1.807) is 29.2 Å². The fourth-order valence-corrected chi connectivity index (χ4v) is 2.95. The van der Waals surface area contributed by atoms with Crippen LogP contribution < -0.4 is 25.0 Å². The normalized spacial score (nSPS) is 16.2. The van der Waals surface area contributed by atoms with Crippen LogP contribution in [-0.2, 0) is 4.79 Å². The number of benzene rings is 2. The van der Waals surface area contributed by atoms with Gasteiger partial charge in [0.2, 0.25) is 5.91 Å². The van der Waals surface area contributed by atoms with E-state index in [1.165, 1.54) is 32.4 Å². The van der Waals surface area contributed by atoms with Crippen molar-refractivity contribution in [3.8, 4) is 11.5 Å². The molecule has 0 saturated carbocycles. The first-order valence-electron chi connectivity index (χ1n) is 8.36. The number of urea groups is 1. The highest BCUT2D eigenvalue weighted by Crippen LogP contribution is 2.33. The highest BCUT2D eigenvalue weighted by molar-refractivity contribution is 5.98. The lowest BCUT2D eigenvalue weighted by molar-refractivity contribution is -0.117. The van der Waals surface area contributed by atoms with E-state index in [0.717, 1.165) is 0 Å². The summed E-state index contributed by atoms with van der Waals surface area (Å²) in [7, 11) is 3.05. The third-order valence-electron chi connectivity index (χ3n) is 4.26. The molecule has 0 aliphatic carbocycles. The van der Waals surface area contributed by atoms with Crippen LogP contribution in [0.2, 0.25) is 0 Å². The number of hydrogen-bond acceptors (Lipinski definition) is 4. The molecule has 1 aliphatic rings. The van der Waals surface area contributed by atoms with Gasteiger partial charge in [0.1, 0.15) is 5.82 Å². The molecule has 1 unspecified atom stereocenters. The number of nitrogens with one attached hydrogen (secondary N) is 2. The molecular formula is C19H20FN3O4. The first kappa shape index (κ1) is 18.5. The van der Waals surface area contributed by atoms with E-state index in [1.807, 2.05) is 0 Å². The van der Waals surface area contributed by atoms with Crippen LogP contribution in [0.4, 0.5) is 20.6 Å². The zero-order chi connectivity index (χ0) is 19.4. The molecule has 142 valence electrons. The van der Waals surface area contributed by atoms with Crippen LogP contribution in [0.3, 0.4) is 0 Å². The van der Waals surface area contributed by atoms with E-state index in [0.29, 0.717) is 23.7 Å². The summed E-state index contributed by atoms with van der Waals surface area (Å²) in [5.74, 6) is 0.420. The van der Waals surface area contributed by atoms with Gasteiger partial charge in [-0.25, -0.2) is 9.18 Å². The summed E-state index contributed by atoms with van der Waals surface area (Å²) in [5.41, 5.74) is 0.729. The quantitative estimate of drug-likeness (QED) is 0.845. The number of methoxy groups -OCH3 is 2. The Labute approximate surface area is 156 Å². The van der Waals surface area contributed by atoms with Crippen molar-refractivity contribution < 1.29 is 23.5 Å². The van der Waals surface area contributed by atoms with Crippen LogP contribution in [0.15, 0.2) is 42.5 Å². The molecule has 0 radical (unpaired) electrons. The third kappa shape index (κ3) is 4.11. The fourth-order valence-electron chi connectivity index (χ4n) is 2.95. The van der Waals surface area contributed by atoms with Crippen LogP contribution in [0, 0.1) is 5.82 Å². The smallest absolute Gasteiger partial charge is 0.319 e. The molecule has 0 aromatic heterocycles. The van der Waals surface area contributed by atoms with E-state index in [9.17, 15) is 14.0 Å². The minimum atomic E-state index is -0.563. The third-order valence-corrected chi connectivity index (χ3v) is 4.26. The molecule has 7 nitrogen and oxygen atoms in total. The van der Waals surface area contributed by atoms with Crippen LogP contribution in [0.1, 0.15) is 6.42 Å². The van der Waals surface area contributed by atoms with Crippen LogP contribution in [0.5, 0.6) is 11.5 Å². The highest BCUT2D eigenvalue weighted by atomic mass is 19.1. The van der Waals surface area contributed by atoms with Gasteiger partial charge in [-0.3, -0.25) is 4.79 Å². The maximum Gasteiger partial charge on any atom is 0.319 e. The second-order valence-corrected chi connectivity index (χ2v) is 6.02. The van der Waals surface area contributed by atoms with E-state index < -0.39 is 17.9 Å². The second kappa shape index (κ2) is 7.94. The summed E-state index contributed by atoms with van der Waals surface area (Å²) < 4.78 is 24.1. The fraction of sp³-hybridized carbons (Fsp3) is 0.263. The molecule has 3 rings (SSSR count). The van der Waals surface area contributed by atoms with Crippen molar-refractivity contribution >= 4 is 23.3 Å². The molecule has 2 aromatic carbocycles. The van der Waals surface area contributed by atoms with Gasteiger partial charge >= 0.3 is 6.03 Å². The number of para-hydroxylation sites is 1. The van der Waals surface area contributed by atoms with Crippen molar-refractivity contribution in [1.82, 2.24) is 5.32 Å². The van der Waals surface area contributed by atoms with Gasteiger partial charge in [-0.2, -0.15) is 0 Å². The summed E-state index contributed by atoms with van der Waals surface area (Å²) in [6.07, 6.45) is 0.152. The van der Waals surface area contributed by atoms with Crippen LogP contribution >= 0.6 is 0 Å². The SMILES string of the molecule is COc1ccc(N2CC(NC(=O)Nc3ccccc3F)CC2=O)cc1OC. The average Bonchev–Trinajstić information content (AvgIpc) is 3.03. The van der Waals surface area contributed by atoms with Crippen LogP contribution in [0.25, 0.3) is 0 Å². The molecule has 2 N–H and O–H groups in total. The number of anilines is 2. The second-order valence-electron chi connectivity index (χ2n) is 6.02. The first-order valence-corrected chi connectivity index (χ1v) is 8.36. The Bertz CT molecular complexity index is 859. The lowest BCUT2D eigenvalue weighted by atomic mass is 10.2. The van der Waals surface area contributed by atoms with E-state index in [2.05, 4.69) is 10.6 Å². The predicted octanol–water partition coefficient (Wildman–Crippen LogP) is 2.77. The van der Waals surface area contributed by atoms with E-state index in [4.69, 9.17) is 9.47 Å². The van der Waals surface area contributed by atoms with Gasteiger partial charge in [0.25, 0.3) is 0 Å². The summed E-state index contributed by atoms with van der Waals surface area (Å²) in [4.78, 5) is 26.0. The van der Waals surface area contributed by atoms with E-state index >= 15 is 0 Å². The standard InChI is InChI=1S/C19H20FN3O4/c1-26-16-8-7-13(10-17(16)27-2)23-11-12(9-18(23)24)21-19(25)22-15-6-4-3-5-14(15)20/h3-8,10,12H,9,11H2,1-2H3,(H2,21,22,25). The molecule has 0 bridgehead atoms. The molecule has 3 amide bonds. The van der Waals surface area contributed by atoms with Gasteiger partial charge in [-0.05, 0) is 24.3 Å². The number of ether oxygens (including phenoxy) is 2. The zero-order valence-corrected chi connectivity index (χ0v) is 15.0. The Balaban J connectivity index is 1.65. The first-order chi connectivity index (χ1) is 13.0.